The highest BCUT2D eigenvalue weighted by molar-refractivity contribution is 5.94. The van der Waals surface area contributed by atoms with Gasteiger partial charge in [-0.1, -0.05) is 12.8 Å². The van der Waals surface area contributed by atoms with Crippen molar-refractivity contribution in [3.63, 3.8) is 0 Å². The van der Waals surface area contributed by atoms with E-state index in [1.54, 1.807) is 0 Å². The van der Waals surface area contributed by atoms with Gasteiger partial charge in [0.05, 0.1) is 13.0 Å². The lowest BCUT2D eigenvalue weighted by Gasteiger charge is -2.26. The predicted octanol–water partition coefficient (Wildman–Crippen LogP) is 1.50. The molecule has 0 heterocycles. The highest BCUT2D eigenvalue weighted by Crippen LogP contribution is 2.43. The highest BCUT2D eigenvalue weighted by atomic mass is 19.3. The first-order chi connectivity index (χ1) is 9.33. The molecule has 3 N–H and O–H groups in total. The first kappa shape index (κ1) is 16.3. The molecule has 0 spiro atoms. The van der Waals surface area contributed by atoms with Gasteiger partial charge < -0.3 is 10.4 Å². The zero-order valence-corrected chi connectivity index (χ0v) is 11.0. The second-order valence-electron chi connectivity index (χ2n) is 5.10. The standard InChI is InChI=1S/C12H18F2N2O4/c13-8(14)7-15-11(20)16-9(17)5-12(6-10(18)19)3-1-2-4-12/h8H,1-7H2,(H,18,19)(H2,15,16,17,20). The average molecular weight is 292 g/mol. The van der Waals surface area contributed by atoms with E-state index in [4.69, 9.17) is 5.11 Å². The summed E-state index contributed by atoms with van der Waals surface area (Å²) in [6.45, 7) is -0.834. The van der Waals surface area contributed by atoms with Gasteiger partial charge in [-0.25, -0.2) is 13.6 Å². The number of alkyl halides is 2. The van der Waals surface area contributed by atoms with Crippen LogP contribution in [-0.4, -0.2) is 36.0 Å². The molecule has 6 nitrogen and oxygen atoms in total. The summed E-state index contributed by atoms with van der Waals surface area (Å²) in [5, 5.41) is 12.7. The monoisotopic (exact) mass is 292 g/mol. The quantitative estimate of drug-likeness (QED) is 0.691. The Balaban J connectivity index is 2.46. The Labute approximate surface area is 114 Å². The van der Waals surface area contributed by atoms with E-state index in [1.807, 2.05) is 10.6 Å². The first-order valence-electron chi connectivity index (χ1n) is 6.41. The molecule has 0 aromatic carbocycles. The van der Waals surface area contributed by atoms with Crippen LogP contribution in [0, 0.1) is 5.41 Å². The summed E-state index contributed by atoms with van der Waals surface area (Å²) in [5.41, 5.74) is -0.626. The molecular weight excluding hydrogens is 274 g/mol. The molecule has 114 valence electrons. The van der Waals surface area contributed by atoms with Gasteiger partial charge in [-0.3, -0.25) is 14.9 Å². The Morgan fingerprint density at radius 2 is 1.75 bits per heavy atom. The lowest BCUT2D eigenvalue weighted by Crippen LogP contribution is -2.43. The fourth-order valence-electron chi connectivity index (χ4n) is 2.59. The predicted molar refractivity (Wildman–Crippen MR) is 65.3 cm³/mol. The molecule has 20 heavy (non-hydrogen) atoms. The third-order valence-electron chi connectivity index (χ3n) is 3.40. The molecule has 1 saturated carbocycles. The summed E-state index contributed by atoms with van der Waals surface area (Å²) in [6.07, 6.45) is 0.0251. The number of halogens is 2. The lowest BCUT2D eigenvalue weighted by molar-refractivity contribution is -0.140. The molecule has 0 aliphatic heterocycles. The van der Waals surface area contributed by atoms with E-state index in [-0.39, 0.29) is 12.8 Å². The maximum absolute atomic E-state index is 11.9. The van der Waals surface area contributed by atoms with E-state index in [9.17, 15) is 23.2 Å². The van der Waals surface area contributed by atoms with E-state index < -0.39 is 36.3 Å². The molecule has 0 aromatic heterocycles. The Morgan fingerprint density at radius 3 is 2.25 bits per heavy atom. The summed E-state index contributed by atoms with van der Waals surface area (Å²) in [6, 6.07) is -0.987. The van der Waals surface area contributed by atoms with E-state index in [1.165, 1.54) is 0 Å². The summed E-state index contributed by atoms with van der Waals surface area (Å²) in [7, 11) is 0. The summed E-state index contributed by atoms with van der Waals surface area (Å²) in [5.74, 6) is -1.62. The van der Waals surface area contributed by atoms with Gasteiger partial charge in [-0.15, -0.1) is 0 Å². The maximum Gasteiger partial charge on any atom is 0.321 e. The van der Waals surface area contributed by atoms with E-state index in [2.05, 4.69) is 0 Å². The van der Waals surface area contributed by atoms with Gasteiger partial charge in [0.15, 0.2) is 0 Å². The molecule has 0 atom stereocenters. The third kappa shape index (κ3) is 5.50. The van der Waals surface area contributed by atoms with Crippen molar-refractivity contribution < 1.29 is 28.3 Å². The van der Waals surface area contributed by atoms with Crippen LogP contribution < -0.4 is 10.6 Å². The second-order valence-corrected chi connectivity index (χ2v) is 5.10. The number of carbonyl (C=O) groups excluding carboxylic acids is 2. The molecular formula is C12H18F2N2O4. The molecule has 0 bridgehead atoms. The van der Waals surface area contributed by atoms with Crippen LogP contribution in [0.5, 0.6) is 0 Å². The number of hydrogen-bond donors (Lipinski definition) is 3. The molecule has 0 radical (unpaired) electrons. The molecule has 8 heteroatoms. The lowest BCUT2D eigenvalue weighted by atomic mass is 9.79. The van der Waals surface area contributed by atoms with Crippen LogP contribution in [0.15, 0.2) is 0 Å². The second kappa shape index (κ2) is 7.16. The number of urea groups is 1. The summed E-state index contributed by atoms with van der Waals surface area (Å²) < 4.78 is 23.7. The van der Waals surface area contributed by atoms with Crippen LogP contribution in [0.1, 0.15) is 38.5 Å². The van der Waals surface area contributed by atoms with Crippen molar-refractivity contribution in [3.8, 4) is 0 Å². The summed E-state index contributed by atoms with van der Waals surface area (Å²) in [4.78, 5) is 33.7. The third-order valence-corrected chi connectivity index (χ3v) is 3.40. The van der Waals surface area contributed by atoms with Crippen molar-refractivity contribution in [2.24, 2.45) is 5.41 Å². The Bertz CT molecular complexity index is 382. The molecule has 1 fully saturated rings. The molecule has 1 aliphatic carbocycles. The Kier molecular flexibility index (Phi) is 5.84. The minimum absolute atomic E-state index is 0.0819. The van der Waals surface area contributed by atoms with Gasteiger partial charge >= 0.3 is 12.0 Å². The van der Waals surface area contributed by atoms with Crippen molar-refractivity contribution in [2.45, 2.75) is 45.0 Å². The number of hydrogen-bond acceptors (Lipinski definition) is 3. The van der Waals surface area contributed by atoms with Gasteiger partial charge in [0, 0.05) is 6.42 Å². The van der Waals surface area contributed by atoms with Crippen LogP contribution in [0.2, 0.25) is 0 Å². The number of amides is 3. The number of carboxylic acid groups (broad SMARTS) is 1. The van der Waals surface area contributed by atoms with Crippen molar-refractivity contribution in [2.75, 3.05) is 6.54 Å². The highest BCUT2D eigenvalue weighted by Gasteiger charge is 2.38. The van der Waals surface area contributed by atoms with Crippen LogP contribution in [0.25, 0.3) is 0 Å². The number of aliphatic carboxylic acids is 1. The smallest absolute Gasteiger partial charge is 0.321 e. The van der Waals surface area contributed by atoms with Crippen LogP contribution in [-0.2, 0) is 9.59 Å². The molecule has 1 rings (SSSR count). The largest absolute Gasteiger partial charge is 0.481 e. The van der Waals surface area contributed by atoms with Crippen LogP contribution >= 0.6 is 0 Å². The number of imide groups is 1. The minimum atomic E-state index is -2.69. The van der Waals surface area contributed by atoms with Crippen LogP contribution in [0.4, 0.5) is 13.6 Å². The molecule has 3 amide bonds. The maximum atomic E-state index is 11.9. The number of rotatable bonds is 6. The topological polar surface area (TPSA) is 95.5 Å². The van der Waals surface area contributed by atoms with Crippen molar-refractivity contribution in [1.29, 1.82) is 0 Å². The van der Waals surface area contributed by atoms with Gasteiger partial charge in [0.25, 0.3) is 6.43 Å². The minimum Gasteiger partial charge on any atom is -0.481 e. The fraction of sp³-hybridized carbons (Fsp3) is 0.750. The SMILES string of the molecule is O=C(O)CC1(CC(=O)NC(=O)NCC(F)F)CCCC1. The molecule has 0 aromatic rings. The molecule has 0 saturated heterocycles. The van der Waals surface area contributed by atoms with E-state index >= 15 is 0 Å². The number of carboxylic acids is 1. The normalized spacial score (nSPS) is 16.9. The Hall–Kier alpha value is -1.73. The molecule has 1 aliphatic rings. The van der Waals surface area contributed by atoms with E-state index in [0.29, 0.717) is 12.8 Å². The Morgan fingerprint density at radius 1 is 1.15 bits per heavy atom. The van der Waals surface area contributed by atoms with Gasteiger partial charge in [-0.2, -0.15) is 0 Å². The molecule has 0 unspecified atom stereocenters. The van der Waals surface area contributed by atoms with Crippen molar-refractivity contribution >= 4 is 17.9 Å². The van der Waals surface area contributed by atoms with Gasteiger partial charge in [-0.05, 0) is 18.3 Å². The number of carbonyl (C=O) groups is 3. The van der Waals surface area contributed by atoms with Crippen molar-refractivity contribution in [3.05, 3.63) is 0 Å². The van der Waals surface area contributed by atoms with Gasteiger partial charge in [0.2, 0.25) is 5.91 Å². The van der Waals surface area contributed by atoms with E-state index in [0.717, 1.165) is 12.8 Å². The fourth-order valence-corrected chi connectivity index (χ4v) is 2.59. The van der Waals surface area contributed by atoms with Crippen molar-refractivity contribution in [1.82, 2.24) is 10.6 Å². The first-order valence-corrected chi connectivity index (χ1v) is 6.41. The van der Waals surface area contributed by atoms with Crippen LogP contribution in [0.3, 0.4) is 0 Å². The average Bonchev–Trinajstić information content (AvgIpc) is 2.73. The summed E-state index contributed by atoms with van der Waals surface area (Å²) >= 11 is 0. The zero-order chi connectivity index (χ0) is 15.2. The zero-order valence-electron chi connectivity index (χ0n) is 11.0. The van der Waals surface area contributed by atoms with Gasteiger partial charge in [0.1, 0.15) is 0 Å². The number of nitrogens with one attached hydrogen (secondary N) is 2.